The van der Waals surface area contributed by atoms with Crippen LogP contribution in [0, 0.1) is 70.0 Å². The van der Waals surface area contributed by atoms with E-state index in [9.17, 15) is 15.0 Å². The largest absolute Gasteiger partial charge is 0.488 e. The van der Waals surface area contributed by atoms with Gasteiger partial charge in [0.1, 0.15) is 23.7 Å². The monoisotopic (exact) mass is 913 g/mol. The van der Waals surface area contributed by atoms with Gasteiger partial charge in [-0.3, -0.25) is 9.69 Å². The number of ether oxygens (including phenoxy) is 2. The molecule has 0 aromatic heterocycles. The van der Waals surface area contributed by atoms with Crippen molar-refractivity contribution in [2.24, 2.45) is 56.2 Å². The Morgan fingerprint density at radius 3 is 1.57 bits per heavy atom. The van der Waals surface area contributed by atoms with Gasteiger partial charge in [-0.1, -0.05) is 79.7 Å². The number of nitrogens with zero attached hydrogens (tertiary/aromatic N) is 2. The van der Waals surface area contributed by atoms with E-state index in [0.29, 0.717) is 11.9 Å². The number of amides is 1. The lowest BCUT2D eigenvalue weighted by Crippen LogP contribution is -2.80. The first-order valence-electron chi connectivity index (χ1n) is 27.4. The predicted octanol–water partition coefficient (Wildman–Crippen LogP) is 10.8. The summed E-state index contributed by atoms with van der Waals surface area (Å²) in [6, 6.07) is 10.1. The normalized spacial score (nSPS) is 44.1. The molecule has 2 aromatic rings. The van der Waals surface area contributed by atoms with Crippen LogP contribution in [0.1, 0.15) is 180 Å². The Kier molecular flexibility index (Phi) is 8.65. The predicted molar refractivity (Wildman–Crippen MR) is 263 cm³/mol. The quantitative estimate of drug-likeness (QED) is 0.311. The molecule has 8 saturated carbocycles. The standard InChI is InChI=1S/C30H41NO3.C30H43NO2/c1-17-7-8-19-15-21-29-12-11-27(5,20(16-29)28(6,33)26(2,3)4)25-30(29,22(19)23(17)34-25)13-14-31(21)24(32)18-9-10-18;1-18-7-10-20-15-22-29-12-11-27(5,21(16-29)28(6,32)26(2,3)4)25-30(29,23(20)24(18)33-25)13-14-31(22)17-19-8-9-19/h7-8,18,20-21,25,33H,9-16H2,1-6H3;7,10,19,21-22,25,32H,8-9,11-17H2,1-6H3/t20-,21+,25-,27-,28-,29+,30-;21-,22+,25-,27-,28-,29+,30-/m00/s1. The Morgan fingerprint density at radius 2 is 1.10 bits per heavy atom. The van der Waals surface area contributed by atoms with E-state index in [-0.39, 0.29) is 79.3 Å². The van der Waals surface area contributed by atoms with Gasteiger partial charge in [0, 0.05) is 74.7 Å². The third-order valence-corrected chi connectivity index (χ3v) is 24.3. The van der Waals surface area contributed by atoms with E-state index in [1.807, 2.05) is 0 Å². The Hall–Kier alpha value is -2.61. The van der Waals surface area contributed by atoms with Crippen molar-refractivity contribution < 1.29 is 24.5 Å². The molecule has 10 fully saturated rings. The van der Waals surface area contributed by atoms with E-state index in [1.54, 1.807) is 11.1 Å². The maximum Gasteiger partial charge on any atom is 0.225 e. The lowest BCUT2D eigenvalue weighted by Gasteiger charge is -2.75. The smallest absolute Gasteiger partial charge is 0.225 e. The van der Waals surface area contributed by atoms with Gasteiger partial charge in [0.05, 0.1) is 11.2 Å². The Labute approximate surface area is 402 Å². The first kappa shape index (κ1) is 44.3. The van der Waals surface area contributed by atoms with Gasteiger partial charge in [0.2, 0.25) is 5.91 Å². The maximum absolute atomic E-state index is 13.6. The average molecular weight is 913 g/mol. The van der Waals surface area contributed by atoms with Crippen LogP contribution in [-0.2, 0) is 28.5 Å². The van der Waals surface area contributed by atoms with Gasteiger partial charge in [-0.05, 0) is 175 Å². The first-order valence-corrected chi connectivity index (χ1v) is 27.4. The number of carbonyl (C=O) groups is 1. The number of hydrogen-bond acceptors (Lipinski definition) is 6. The van der Waals surface area contributed by atoms with Crippen LogP contribution in [0.5, 0.6) is 11.5 Å². The summed E-state index contributed by atoms with van der Waals surface area (Å²) in [7, 11) is 0. The minimum Gasteiger partial charge on any atom is -0.488 e. The maximum atomic E-state index is 13.6. The molecule has 4 heterocycles. The van der Waals surface area contributed by atoms with Crippen LogP contribution >= 0.6 is 0 Å². The van der Waals surface area contributed by atoms with Gasteiger partial charge in [-0.2, -0.15) is 0 Å². The fourth-order valence-electron chi connectivity index (χ4n) is 19.6. The molecule has 0 radical (unpaired) electrons. The lowest BCUT2D eigenvalue weighted by atomic mass is 9.31. The number of aryl methyl sites for hydroxylation is 2. The number of carbonyl (C=O) groups excluding carboxylic acids is 1. The van der Waals surface area contributed by atoms with E-state index >= 15 is 0 Å². The lowest BCUT2D eigenvalue weighted by molar-refractivity contribution is -0.276. The summed E-state index contributed by atoms with van der Waals surface area (Å²) in [6.07, 6.45) is 16.5. The Bertz CT molecular complexity index is 2490. The zero-order valence-corrected chi connectivity index (χ0v) is 43.5. The highest BCUT2D eigenvalue weighted by molar-refractivity contribution is 5.82. The van der Waals surface area contributed by atoms with Crippen molar-refractivity contribution in [3.05, 3.63) is 57.6 Å². The summed E-state index contributed by atoms with van der Waals surface area (Å²) in [4.78, 5) is 18.8. The molecule has 7 nitrogen and oxygen atoms in total. The topological polar surface area (TPSA) is 82.5 Å². The zero-order chi connectivity index (χ0) is 47.2. The van der Waals surface area contributed by atoms with E-state index in [1.165, 1.54) is 79.6 Å². The van der Waals surface area contributed by atoms with Crippen molar-refractivity contribution in [2.75, 3.05) is 19.6 Å². The molecular formula is C60H84N2O5. The number of benzene rings is 2. The average Bonchev–Trinajstić information content (AvgIpc) is 4.20. The highest BCUT2D eigenvalue weighted by atomic mass is 16.5. The zero-order valence-electron chi connectivity index (χ0n) is 43.5. The minimum absolute atomic E-state index is 0.00180. The van der Waals surface area contributed by atoms with Crippen LogP contribution in [-0.4, -0.2) is 81.0 Å². The molecule has 16 rings (SSSR count). The second-order valence-electron chi connectivity index (χ2n) is 28.7. The summed E-state index contributed by atoms with van der Waals surface area (Å²) in [5, 5.41) is 24.4. The highest BCUT2D eigenvalue weighted by Crippen LogP contribution is 2.81. The highest BCUT2D eigenvalue weighted by Gasteiger charge is 2.83. The fourth-order valence-corrected chi connectivity index (χ4v) is 19.6. The Balaban J connectivity index is 0.000000133. The van der Waals surface area contributed by atoms with E-state index in [2.05, 4.69) is 117 Å². The van der Waals surface area contributed by atoms with Gasteiger partial charge in [0.25, 0.3) is 0 Å². The molecule has 4 spiro atoms. The van der Waals surface area contributed by atoms with Crippen LogP contribution in [0.4, 0.5) is 0 Å². The van der Waals surface area contributed by atoms with Crippen LogP contribution < -0.4 is 9.47 Å². The molecule has 1 amide bonds. The summed E-state index contributed by atoms with van der Waals surface area (Å²) >= 11 is 0. The van der Waals surface area contributed by atoms with Crippen molar-refractivity contribution in [3.8, 4) is 11.5 Å². The third-order valence-electron chi connectivity index (χ3n) is 24.3. The summed E-state index contributed by atoms with van der Waals surface area (Å²) in [5.41, 5.74) is 6.97. The minimum atomic E-state index is -0.816. The van der Waals surface area contributed by atoms with Gasteiger partial charge in [0.15, 0.2) is 0 Å². The van der Waals surface area contributed by atoms with Crippen molar-refractivity contribution in [2.45, 2.75) is 219 Å². The second-order valence-corrected chi connectivity index (χ2v) is 28.7. The van der Waals surface area contributed by atoms with E-state index in [4.69, 9.17) is 9.47 Å². The van der Waals surface area contributed by atoms with Crippen molar-refractivity contribution >= 4 is 5.91 Å². The molecule has 10 aliphatic carbocycles. The SMILES string of the molecule is Cc1ccc2c3c1O[C@H]1[C@@]4(C)CC[C@@]5(C[C@@H]4[C@](C)(O)C(C)(C)C)[C@@H](C2)N(C(=O)C2CC2)CC[C@]315.Cc1ccc2c3c1O[C@H]1[C@@]4(C)CC[C@@]5(C[C@@H]4[C@](C)(O)C(C)(C)C)[C@@H](C2)N(CC2CC2)CC[C@]315. The summed E-state index contributed by atoms with van der Waals surface area (Å²) in [5.74, 6) is 4.34. The molecule has 0 unspecified atom stereocenters. The number of rotatable bonds is 5. The van der Waals surface area contributed by atoms with Gasteiger partial charge >= 0.3 is 0 Å². The van der Waals surface area contributed by atoms with Gasteiger partial charge in [-0.25, -0.2) is 0 Å². The molecule has 14 atom stereocenters. The van der Waals surface area contributed by atoms with Crippen molar-refractivity contribution in [3.63, 3.8) is 0 Å². The number of likely N-dealkylation sites (tertiary alicyclic amines) is 2. The van der Waals surface area contributed by atoms with Crippen LogP contribution in [0.3, 0.4) is 0 Å². The molecule has 2 aromatic carbocycles. The molecule has 2 N–H and O–H groups in total. The first-order chi connectivity index (χ1) is 31.3. The van der Waals surface area contributed by atoms with Gasteiger partial charge in [-0.15, -0.1) is 0 Å². The molecule has 8 bridgehead atoms. The van der Waals surface area contributed by atoms with E-state index < -0.39 is 11.2 Å². The fraction of sp³-hybridized carbons (Fsp3) is 0.783. The number of hydrogen-bond donors (Lipinski definition) is 2. The Morgan fingerprint density at radius 1 is 0.642 bits per heavy atom. The van der Waals surface area contributed by atoms with E-state index in [0.717, 1.165) is 69.6 Å². The third kappa shape index (κ3) is 5.06. The van der Waals surface area contributed by atoms with Gasteiger partial charge < -0.3 is 24.6 Å². The number of aliphatic hydroxyl groups is 2. The number of piperidine rings is 2. The molecule has 4 aliphatic heterocycles. The van der Waals surface area contributed by atoms with Crippen LogP contribution in [0.2, 0.25) is 0 Å². The molecule has 67 heavy (non-hydrogen) atoms. The van der Waals surface area contributed by atoms with Crippen LogP contribution in [0.15, 0.2) is 24.3 Å². The van der Waals surface area contributed by atoms with Crippen LogP contribution in [0.25, 0.3) is 0 Å². The molecule has 14 aliphatic rings. The molecule has 364 valence electrons. The van der Waals surface area contributed by atoms with Crippen molar-refractivity contribution in [1.29, 1.82) is 0 Å². The molecule has 7 heteroatoms. The molecule has 2 saturated heterocycles. The molecular weight excluding hydrogens is 829 g/mol. The second kappa shape index (κ2) is 13.1. The number of fused-ring (bicyclic) bond motifs is 4. The summed E-state index contributed by atoms with van der Waals surface area (Å²) < 4.78 is 14.3. The van der Waals surface area contributed by atoms with Crippen molar-refractivity contribution in [1.82, 2.24) is 9.80 Å². The summed E-state index contributed by atoms with van der Waals surface area (Å²) in [6.45, 7) is 30.2.